The van der Waals surface area contributed by atoms with Crippen LogP contribution < -0.4 is 5.73 Å². The van der Waals surface area contributed by atoms with Gasteiger partial charge in [0, 0.05) is 39.4 Å². The Morgan fingerprint density at radius 2 is 1.95 bits per heavy atom. The molecule has 1 saturated heterocycles. The van der Waals surface area contributed by atoms with Crippen molar-refractivity contribution in [3.8, 4) is 0 Å². The summed E-state index contributed by atoms with van der Waals surface area (Å²) in [5.74, 6) is 0.675. The fourth-order valence-corrected chi connectivity index (χ4v) is 3.89. The van der Waals surface area contributed by atoms with E-state index in [1.165, 1.54) is 4.31 Å². The Kier molecular flexibility index (Phi) is 4.66. The van der Waals surface area contributed by atoms with E-state index in [4.69, 9.17) is 18.0 Å². The quantitative estimate of drug-likeness (QED) is 0.763. The highest BCUT2D eigenvalue weighted by Gasteiger charge is 2.32. The molecule has 2 heterocycles. The van der Waals surface area contributed by atoms with Crippen LogP contribution in [0.1, 0.15) is 12.7 Å². The summed E-state index contributed by atoms with van der Waals surface area (Å²) in [4.78, 5) is 6.65. The summed E-state index contributed by atoms with van der Waals surface area (Å²) in [6.45, 7) is 5.79. The van der Waals surface area contributed by atoms with Crippen LogP contribution in [0.4, 0.5) is 0 Å². The van der Waals surface area contributed by atoms with Crippen LogP contribution in [0.25, 0.3) is 0 Å². The minimum Gasteiger partial charge on any atom is -0.392 e. The zero-order valence-electron chi connectivity index (χ0n) is 12.5. The first kappa shape index (κ1) is 16.3. The van der Waals surface area contributed by atoms with Gasteiger partial charge in [0.15, 0.2) is 5.03 Å². The molecule has 0 aromatic carbocycles. The highest BCUT2D eigenvalue weighted by molar-refractivity contribution is 7.89. The molecule has 1 aliphatic rings. The molecular formula is C12H21N5O2S2. The van der Waals surface area contributed by atoms with Gasteiger partial charge < -0.3 is 10.3 Å². The molecule has 0 spiro atoms. The van der Waals surface area contributed by atoms with E-state index in [2.05, 4.69) is 9.88 Å². The predicted octanol–water partition coefficient (Wildman–Crippen LogP) is -0.291. The van der Waals surface area contributed by atoms with Crippen LogP contribution in [-0.2, 0) is 17.1 Å². The molecule has 1 aliphatic heterocycles. The number of hydrogen-bond acceptors (Lipinski definition) is 5. The number of nitrogens with zero attached hydrogens (tertiary/aromatic N) is 4. The van der Waals surface area contributed by atoms with E-state index in [0.29, 0.717) is 37.0 Å². The maximum absolute atomic E-state index is 12.5. The fraction of sp³-hybridized carbons (Fsp3) is 0.667. The Morgan fingerprint density at radius 1 is 1.38 bits per heavy atom. The van der Waals surface area contributed by atoms with E-state index in [0.717, 1.165) is 0 Å². The molecule has 7 nitrogen and oxygen atoms in total. The van der Waals surface area contributed by atoms with Gasteiger partial charge in [0.1, 0.15) is 5.82 Å². The molecule has 0 amide bonds. The molecular weight excluding hydrogens is 310 g/mol. The predicted molar refractivity (Wildman–Crippen MR) is 84.5 cm³/mol. The standard InChI is InChI=1S/C12H21N5O2S2/c1-9(12(13)20)16-4-6-17(7-5-16)21(18,19)11-8-15(3)10(2)14-11/h8-9H,4-7H2,1-3H3,(H2,13,20). The Labute approximate surface area is 130 Å². The third-order valence-electron chi connectivity index (χ3n) is 3.92. The Balaban J connectivity index is 2.09. The van der Waals surface area contributed by atoms with Crippen LogP contribution in [0.3, 0.4) is 0 Å². The van der Waals surface area contributed by atoms with E-state index in [1.807, 2.05) is 6.92 Å². The summed E-state index contributed by atoms with van der Waals surface area (Å²) < 4.78 is 28.3. The summed E-state index contributed by atoms with van der Waals surface area (Å²) >= 11 is 4.99. The molecule has 1 unspecified atom stereocenters. The smallest absolute Gasteiger partial charge is 0.262 e. The molecule has 118 valence electrons. The van der Waals surface area contributed by atoms with Crippen molar-refractivity contribution < 1.29 is 8.42 Å². The normalized spacial score (nSPS) is 19.6. The third-order valence-corrected chi connectivity index (χ3v) is 6.03. The number of imidazole rings is 1. The van der Waals surface area contributed by atoms with Crippen LogP contribution in [-0.4, -0.2) is 64.4 Å². The second-order valence-corrected chi connectivity index (χ2v) is 7.61. The topological polar surface area (TPSA) is 84.5 Å². The molecule has 0 bridgehead atoms. The van der Waals surface area contributed by atoms with Crippen LogP contribution in [0, 0.1) is 6.92 Å². The zero-order chi connectivity index (χ0) is 15.8. The summed E-state index contributed by atoms with van der Waals surface area (Å²) in [6, 6.07) is -0.0121. The summed E-state index contributed by atoms with van der Waals surface area (Å²) in [7, 11) is -1.74. The molecule has 2 rings (SSSR count). The van der Waals surface area contributed by atoms with Crippen LogP contribution in [0.2, 0.25) is 0 Å². The van der Waals surface area contributed by atoms with E-state index in [1.54, 1.807) is 24.7 Å². The van der Waals surface area contributed by atoms with E-state index >= 15 is 0 Å². The van der Waals surface area contributed by atoms with Crippen molar-refractivity contribution in [2.75, 3.05) is 26.2 Å². The number of piperazine rings is 1. The second kappa shape index (κ2) is 5.99. The average Bonchev–Trinajstić information content (AvgIpc) is 2.78. The van der Waals surface area contributed by atoms with E-state index < -0.39 is 10.0 Å². The number of nitrogens with two attached hydrogens (primary N) is 1. The lowest BCUT2D eigenvalue weighted by Crippen LogP contribution is -2.53. The van der Waals surface area contributed by atoms with Crippen molar-refractivity contribution in [3.63, 3.8) is 0 Å². The van der Waals surface area contributed by atoms with Crippen molar-refractivity contribution in [3.05, 3.63) is 12.0 Å². The van der Waals surface area contributed by atoms with Crippen LogP contribution in [0.15, 0.2) is 11.2 Å². The summed E-state index contributed by atoms with van der Waals surface area (Å²) in [5, 5.41) is 0.110. The van der Waals surface area contributed by atoms with Gasteiger partial charge in [-0.2, -0.15) is 4.31 Å². The number of thiocarbonyl (C=S) groups is 1. The summed E-state index contributed by atoms with van der Waals surface area (Å²) in [6.07, 6.45) is 1.55. The first-order chi connectivity index (χ1) is 9.73. The Morgan fingerprint density at radius 3 is 2.38 bits per heavy atom. The van der Waals surface area contributed by atoms with E-state index in [-0.39, 0.29) is 11.1 Å². The van der Waals surface area contributed by atoms with Gasteiger partial charge >= 0.3 is 0 Å². The minimum atomic E-state index is -3.52. The van der Waals surface area contributed by atoms with Gasteiger partial charge in [-0.25, -0.2) is 13.4 Å². The fourth-order valence-electron chi connectivity index (χ4n) is 2.29. The zero-order valence-corrected chi connectivity index (χ0v) is 14.1. The van der Waals surface area contributed by atoms with Crippen LogP contribution >= 0.6 is 12.2 Å². The Bertz CT molecular complexity index is 613. The monoisotopic (exact) mass is 331 g/mol. The number of sulfonamides is 1. The molecule has 0 radical (unpaired) electrons. The Hall–Kier alpha value is -1.03. The molecule has 1 fully saturated rings. The number of aromatic nitrogens is 2. The van der Waals surface area contributed by atoms with Crippen LogP contribution in [0.5, 0.6) is 0 Å². The molecule has 0 saturated carbocycles. The van der Waals surface area contributed by atoms with Gasteiger partial charge in [-0.15, -0.1) is 0 Å². The lowest BCUT2D eigenvalue weighted by Gasteiger charge is -2.36. The van der Waals surface area contributed by atoms with Gasteiger partial charge in [0.25, 0.3) is 10.0 Å². The average molecular weight is 331 g/mol. The van der Waals surface area contributed by atoms with E-state index in [9.17, 15) is 8.42 Å². The maximum atomic E-state index is 12.5. The highest BCUT2D eigenvalue weighted by atomic mass is 32.2. The highest BCUT2D eigenvalue weighted by Crippen LogP contribution is 2.17. The molecule has 1 aromatic rings. The van der Waals surface area contributed by atoms with Gasteiger partial charge in [-0.05, 0) is 13.8 Å². The number of rotatable bonds is 4. The van der Waals surface area contributed by atoms with Gasteiger partial charge in [-0.1, -0.05) is 12.2 Å². The molecule has 1 atom stereocenters. The van der Waals surface area contributed by atoms with Crippen molar-refractivity contribution in [2.24, 2.45) is 12.8 Å². The number of aryl methyl sites for hydroxylation is 2. The minimum absolute atomic E-state index is 0.0121. The first-order valence-corrected chi connectivity index (χ1v) is 8.62. The molecule has 2 N–H and O–H groups in total. The van der Waals surface area contributed by atoms with Gasteiger partial charge in [0.2, 0.25) is 0 Å². The maximum Gasteiger partial charge on any atom is 0.262 e. The number of hydrogen-bond donors (Lipinski definition) is 1. The summed E-state index contributed by atoms with van der Waals surface area (Å²) in [5.41, 5.74) is 5.64. The van der Waals surface area contributed by atoms with Crippen molar-refractivity contribution in [1.82, 2.24) is 18.8 Å². The first-order valence-electron chi connectivity index (χ1n) is 6.77. The van der Waals surface area contributed by atoms with Gasteiger partial charge in [0.05, 0.1) is 11.0 Å². The lowest BCUT2D eigenvalue weighted by molar-refractivity contribution is 0.174. The van der Waals surface area contributed by atoms with Crippen molar-refractivity contribution in [1.29, 1.82) is 0 Å². The SMILES string of the molecule is Cc1nc(S(=O)(=O)N2CCN(C(C)C(N)=S)CC2)cn1C. The second-order valence-electron chi connectivity index (χ2n) is 5.26. The lowest BCUT2D eigenvalue weighted by atomic mass is 10.2. The molecule has 9 heteroatoms. The van der Waals surface area contributed by atoms with Gasteiger partial charge in [-0.3, -0.25) is 4.90 Å². The molecule has 0 aliphatic carbocycles. The third kappa shape index (κ3) is 3.25. The van der Waals surface area contributed by atoms with Crippen molar-refractivity contribution >= 4 is 27.2 Å². The molecule has 1 aromatic heterocycles. The van der Waals surface area contributed by atoms with Crippen molar-refractivity contribution in [2.45, 2.75) is 24.9 Å². The molecule has 21 heavy (non-hydrogen) atoms. The largest absolute Gasteiger partial charge is 0.392 e.